The maximum Gasteiger partial charge on any atom is 0.338 e. The van der Waals surface area contributed by atoms with E-state index in [0.717, 1.165) is 5.56 Å². The molecule has 0 saturated heterocycles. The van der Waals surface area contributed by atoms with Crippen LogP contribution in [0, 0.1) is 6.92 Å². The van der Waals surface area contributed by atoms with Crippen LogP contribution in [0.3, 0.4) is 0 Å². The van der Waals surface area contributed by atoms with Crippen molar-refractivity contribution in [2.45, 2.75) is 13.5 Å². The molecule has 0 aliphatic rings. The van der Waals surface area contributed by atoms with Gasteiger partial charge >= 0.3 is 5.97 Å². The number of methoxy groups -OCH3 is 1. The van der Waals surface area contributed by atoms with E-state index in [9.17, 15) is 4.79 Å². The lowest BCUT2D eigenvalue weighted by atomic mass is 10.1. The Morgan fingerprint density at radius 3 is 2.77 bits per heavy atom. The molecule has 1 aromatic carbocycles. The van der Waals surface area contributed by atoms with Crippen LogP contribution in [0.25, 0.3) is 0 Å². The molecule has 3 heteroatoms. The van der Waals surface area contributed by atoms with Gasteiger partial charge in [0.1, 0.15) is 0 Å². The monoisotopic (exact) mass is 180 g/mol. The van der Waals surface area contributed by atoms with Crippen LogP contribution in [0.5, 0.6) is 0 Å². The van der Waals surface area contributed by atoms with Crippen molar-refractivity contribution < 1.29 is 14.6 Å². The Balaban J connectivity index is 3.13. The molecule has 1 rings (SSSR count). The first-order valence-corrected chi connectivity index (χ1v) is 3.97. The number of carbonyl (C=O) groups is 1. The molecule has 0 radical (unpaired) electrons. The number of ether oxygens (including phenoxy) is 1. The number of benzene rings is 1. The van der Waals surface area contributed by atoms with Crippen molar-refractivity contribution in [3.8, 4) is 0 Å². The highest BCUT2D eigenvalue weighted by atomic mass is 16.5. The number of rotatable bonds is 2. The fourth-order valence-electron chi connectivity index (χ4n) is 1.16. The molecule has 0 aliphatic heterocycles. The lowest BCUT2D eigenvalue weighted by Crippen LogP contribution is -2.05. The molecule has 0 bridgehead atoms. The van der Waals surface area contributed by atoms with Gasteiger partial charge in [-0.1, -0.05) is 17.7 Å². The van der Waals surface area contributed by atoms with Crippen molar-refractivity contribution in [2.75, 3.05) is 7.11 Å². The topological polar surface area (TPSA) is 46.5 Å². The molecule has 1 N–H and O–H groups in total. The Morgan fingerprint density at radius 2 is 2.23 bits per heavy atom. The summed E-state index contributed by atoms with van der Waals surface area (Å²) in [5.41, 5.74) is 2.04. The molecule has 3 nitrogen and oxygen atoms in total. The van der Waals surface area contributed by atoms with Crippen molar-refractivity contribution in [1.82, 2.24) is 0 Å². The minimum Gasteiger partial charge on any atom is -0.465 e. The lowest BCUT2D eigenvalue weighted by Gasteiger charge is -2.05. The fraction of sp³-hybridized carbons (Fsp3) is 0.300. The summed E-state index contributed by atoms with van der Waals surface area (Å²) in [7, 11) is 1.32. The second-order valence-electron chi connectivity index (χ2n) is 2.81. The predicted molar refractivity (Wildman–Crippen MR) is 48.4 cm³/mol. The van der Waals surface area contributed by atoms with Gasteiger partial charge in [0.25, 0.3) is 0 Å². The van der Waals surface area contributed by atoms with E-state index in [0.29, 0.717) is 11.1 Å². The largest absolute Gasteiger partial charge is 0.465 e. The summed E-state index contributed by atoms with van der Waals surface area (Å²) >= 11 is 0. The van der Waals surface area contributed by atoms with Gasteiger partial charge in [0, 0.05) is 0 Å². The van der Waals surface area contributed by atoms with E-state index in [1.807, 2.05) is 13.0 Å². The first-order valence-electron chi connectivity index (χ1n) is 3.97. The van der Waals surface area contributed by atoms with Gasteiger partial charge in [-0.05, 0) is 18.6 Å². The molecule has 70 valence electrons. The van der Waals surface area contributed by atoms with E-state index < -0.39 is 5.97 Å². The van der Waals surface area contributed by atoms with Crippen LogP contribution in [-0.2, 0) is 11.3 Å². The molecular formula is C10H12O3. The van der Waals surface area contributed by atoms with Crippen LogP contribution in [0.2, 0.25) is 0 Å². The van der Waals surface area contributed by atoms with E-state index in [4.69, 9.17) is 5.11 Å². The maximum absolute atomic E-state index is 11.2. The Morgan fingerprint density at radius 1 is 1.54 bits per heavy atom. The summed E-state index contributed by atoms with van der Waals surface area (Å²) in [5, 5.41) is 8.98. The van der Waals surface area contributed by atoms with Gasteiger partial charge in [0.05, 0.1) is 19.3 Å². The average molecular weight is 180 g/mol. The summed E-state index contributed by atoms with van der Waals surface area (Å²) < 4.78 is 4.57. The van der Waals surface area contributed by atoms with E-state index in [1.54, 1.807) is 12.1 Å². The van der Waals surface area contributed by atoms with Crippen molar-refractivity contribution in [1.29, 1.82) is 0 Å². The zero-order valence-electron chi connectivity index (χ0n) is 7.70. The first-order chi connectivity index (χ1) is 6.19. The van der Waals surface area contributed by atoms with Gasteiger partial charge in [-0.25, -0.2) is 4.79 Å². The minimum atomic E-state index is -0.413. The fourth-order valence-corrected chi connectivity index (χ4v) is 1.16. The molecule has 0 amide bonds. The number of esters is 1. The molecule has 0 atom stereocenters. The molecular weight excluding hydrogens is 168 g/mol. The van der Waals surface area contributed by atoms with E-state index in [2.05, 4.69) is 4.74 Å². The van der Waals surface area contributed by atoms with Crippen LogP contribution >= 0.6 is 0 Å². The third-order valence-corrected chi connectivity index (χ3v) is 1.84. The van der Waals surface area contributed by atoms with Crippen molar-refractivity contribution in [3.05, 3.63) is 34.9 Å². The number of hydrogen-bond donors (Lipinski definition) is 1. The summed E-state index contributed by atoms with van der Waals surface area (Å²) in [4.78, 5) is 11.2. The number of aryl methyl sites for hydroxylation is 1. The summed E-state index contributed by atoms with van der Waals surface area (Å²) in [6, 6.07) is 5.24. The number of carbonyl (C=O) groups excluding carboxylic acids is 1. The summed E-state index contributed by atoms with van der Waals surface area (Å²) in [6.45, 7) is 1.76. The third-order valence-electron chi connectivity index (χ3n) is 1.84. The minimum absolute atomic E-state index is 0.147. The first kappa shape index (κ1) is 9.74. The molecule has 0 fully saturated rings. The van der Waals surface area contributed by atoms with E-state index in [1.165, 1.54) is 7.11 Å². The SMILES string of the molecule is COC(=O)c1ccc(C)cc1CO. The molecule has 13 heavy (non-hydrogen) atoms. The standard InChI is InChI=1S/C10H12O3/c1-7-3-4-9(10(12)13-2)8(5-7)6-11/h3-5,11H,6H2,1-2H3. The van der Waals surface area contributed by atoms with Crippen LogP contribution in [0.15, 0.2) is 18.2 Å². The number of hydrogen-bond acceptors (Lipinski definition) is 3. The van der Waals surface area contributed by atoms with Gasteiger partial charge in [-0.15, -0.1) is 0 Å². The second-order valence-corrected chi connectivity index (χ2v) is 2.81. The van der Waals surface area contributed by atoms with Crippen LogP contribution < -0.4 is 0 Å². The Kier molecular flexibility index (Phi) is 3.03. The third kappa shape index (κ3) is 2.06. The molecule has 0 aliphatic carbocycles. The van der Waals surface area contributed by atoms with Gasteiger partial charge in [0.2, 0.25) is 0 Å². The smallest absolute Gasteiger partial charge is 0.338 e. The second kappa shape index (κ2) is 4.05. The lowest BCUT2D eigenvalue weighted by molar-refractivity contribution is 0.0597. The van der Waals surface area contributed by atoms with Crippen molar-refractivity contribution in [2.24, 2.45) is 0 Å². The number of aliphatic hydroxyl groups is 1. The zero-order valence-corrected chi connectivity index (χ0v) is 7.70. The molecule has 0 aromatic heterocycles. The quantitative estimate of drug-likeness (QED) is 0.697. The highest BCUT2D eigenvalue weighted by molar-refractivity contribution is 5.91. The highest BCUT2D eigenvalue weighted by Gasteiger charge is 2.10. The maximum atomic E-state index is 11.2. The van der Waals surface area contributed by atoms with Crippen LogP contribution in [0.4, 0.5) is 0 Å². The van der Waals surface area contributed by atoms with Crippen molar-refractivity contribution in [3.63, 3.8) is 0 Å². The molecule has 0 saturated carbocycles. The summed E-state index contributed by atoms with van der Waals surface area (Å²) in [6.07, 6.45) is 0. The normalized spacial score (nSPS) is 9.77. The molecule has 1 aromatic rings. The summed E-state index contributed by atoms with van der Waals surface area (Å²) in [5.74, 6) is -0.413. The van der Waals surface area contributed by atoms with Crippen LogP contribution in [-0.4, -0.2) is 18.2 Å². The highest BCUT2D eigenvalue weighted by Crippen LogP contribution is 2.12. The van der Waals surface area contributed by atoms with E-state index in [-0.39, 0.29) is 6.61 Å². The van der Waals surface area contributed by atoms with Gasteiger partial charge in [-0.2, -0.15) is 0 Å². The Labute approximate surface area is 77.0 Å². The molecule has 0 unspecified atom stereocenters. The average Bonchev–Trinajstić information content (AvgIpc) is 2.16. The van der Waals surface area contributed by atoms with Gasteiger partial charge < -0.3 is 9.84 Å². The van der Waals surface area contributed by atoms with Crippen LogP contribution in [0.1, 0.15) is 21.5 Å². The predicted octanol–water partition coefficient (Wildman–Crippen LogP) is 1.27. The Bertz CT molecular complexity index is 318. The van der Waals surface area contributed by atoms with E-state index >= 15 is 0 Å². The molecule has 0 heterocycles. The number of aliphatic hydroxyl groups excluding tert-OH is 1. The Hall–Kier alpha value is -1.35. The zero-order chi connectivity index (χ0) is 9.84. The van der Waals surface area contributed by atoms with Gasteiger partial charge in [0.15, 0.2) is 0 Å². The molecule has 0 spiro atoms. The van der Waals surface area contributed by atoms with Gasteiger partial charge in [-0.3, -0.25) is 0 Å². The van der Waals surface area contributed by atoms with Crippen molar-refractivity contribution >= 4 is 5.97 Å².